The number of nitrogens with one attached hydrogen (secondary N) is 1. The van der Waals surface area contributed by atoms with Crippen LogP contribution in [0.4, 0.5) is 0 Å². The Balaban J connectivity index is 1.55. The number of hydrogen-bond acceptors (Lipinski definition) is 2. The molecule has 2 unspecified atom stereocenters. The van der Waals surface area contributed by atoms with Gasteiger partial charge in [0, 0.05) is 17.1 Å². The Bertz CT molecular complexity index is 446. The molecule has 1 N–H and O–H groups in total. The summed E-state index contributed by atoms with van der Waals surface area (Å²) < 4.78 is 1.21. The van der Waals surface area contributed by atoms with Gasteiger partial charge in [0.15, 0.2) is 0 Å². The third-order valence-corrected chi connectivity index (χ3v) is 5.15. The molecule has 2 nitrogen and oxygen atoms in total. The minimum absolute atomic E-state index is 0.582. The highest BCUT2D eigenvalue weighted by atomic mass is 79.9. The van der Waals surface area contributed by atoms with E-state index in [1.807, 2.05) is 0 Å². The zero-order valence-corrected chi connectivity index (χ0v) is 13.2. The number of rotatable bonds is 4. The summed E-state index contributed by atoms with van der Waals surface area (Å²) in [6, 6.07) is 7.33. The minimum atomic E-state index is 0.582. The minimum Gasteiger partial charge on any atom is -0.310 e. The van der Waals surface area contributed by atoms with Gasteiger partial charge >= 0.3 is 0 Å². The smallest absolute Gasteiger partial charge is 0.0326 e. The van der Waals surface area contributed by atoms with Crippen LogP contribution in [-0.4, -0.2) is 31.1 Å². The van der Waals surface area contributed by atoms with Crippen molar-refractivity contribution in [1.82, 2.24) is 10.2 Å². The molecule has 1 saturated heterocycles. The van der Waals surface area contributed by atoms with Gasteiger partial charge in [0.1, 0.15) is 0 Å². The number of nitrogens with zero attached hydrogens (tertiary/aromatic N) is 1. The quantitative estimate of drug-likeness (QED) is 0.914. The fraction of sp³-hybridized carbons (Fsp3) is 0.625. The number of halogens is 1. The second kappa shape index (κ2) is 5.94. The summed E-state index contributed by atoms with van der Waals surface area (Å²) in [5.74, 6) is 0.847. The average Bonchev–Trinajstić information content (AvgIpc) is 3.02. The van der Waals surface area contributed by atoms with Crippen molar-refractivity contribution in [3.63, 3.8) is 0 Å². The second-order valence-corrected chi connectivity index (χ2v) is 6.81. The molecule has 1 aromatic carbocycles. The Morgan fingerprint density at radius 1 is 1.37 bits per heavy atom. The third-order valence-electron chi connectivity index (χ3n) is 4.65. The maximum atomic E-state index is 3.80. The van der Waals surface area contributed by atoms with Gasteiger partial charge in [-0.25, -0.2) is 0 Å². The lowest BCUT2D eigenvalue weighted by Crippen LogP contribution is -2.28. The summed E-state index contributed by atoms with van der Waals surface area (Å²) >= 11 is 3.57. The van der Waals surface area contributed by atoms with Gasteiger partial charge in [-0.2, -0.15) is 0 Å². The molecule has 0 radical (unpaired) electrons. The van der Waals surface area contributed by atoms with Gasteiger partial charge in [-0.1, -0.05) is 28.9 Å². The first-order valence-electron chi connectivity index (χ1n) is 7.50. The van der Waals surface area contributed by atoms with Crippen LogP contribution in [0.25, 0.3) is 0 Å². The monoisotopic (exact) mass is 322 g/mol. The van der Waals surface area contributed by atoms with Gasteiger partial charge in [0.05, 0.1) is 0 Å². The summed E-state index contributed by atoms with van der Waals surface area (Å²) in [4.78, 5) is 2.56. The normalized spacial score (nSPS) is 26.8. The van der Waals surface area contributed by atoms with E-state index in [0.717, 1.165) is 5.92 Å². The van der Waals surface area contributed by atoms with Crippen molar-refractivity contribution < 1.29 is 0 Å². The largest absolute Gasteiger partial charge is 0.310 e. The number of fused-ring (bicyclic) bond motifs is 1. The van der Waals surface area contributed by atoms with Crippen molar-refractivity contribution in [3.8, 4) is 0 Å². The SMILES string of the molecule is CCN1CCC(CNC2CCc3cc(Br)ccc32)C1. The Kier molecular flexibility index (Phi) is 4.25. The molecule has 2 aliphatic rings. The van der Waals surface area contributed by atoms with Crippen LogP contribution in [0.1, 0.15) is 36.9 Å². The van der Waals surface area contributed by atoms with Crippen LogP contribution < -0.4 is 5.32 Å². The molecule has 1 aromatic rings. The molecule has 19 heavy (non-hydrogen) atoms. The molecular weight excluding hydrogens is 300 g/mol. The van der Waals surface area contributed by atoms with E-state index in [4.69, 9.17) is 0 Å². The topological polar surface area (TPSA) is 15.3 Å². The zero-order chi connectivity index (χ0) is 13.2. The van der Waals surface area contributed by atoms with Gasteiger partial charge in [0.2, 0.25) is 0 Å². The predicted molar refractivity (Wildman–Crippen MR) is 83.4 cm³/mol. The molecule has 1 fully saturated rings. The molecule has 0 amide bonds. The van der Waals surface area contributed by atoms with Crippen LogP contribution in [0, 0.1) is 5.92 Å². The summed E-state index contributed by atoms with van der Waals surface area (Å²) in [5.41, 5.74) is 3.04. The van der Waals surface area contributed by atoms with E-state index in [1.54, 1.807) is 0 Å². The van der Waals surface area contributed by atoms with Crippen LogP contribution in [0.5, 0.6) is 0 Å². The van der Waals surface area contributed by atoms with Crippen LogP contribution in [0.3, 0.4) is 0 Å². The van der Waals surface area contributed by atoms with Gasteiger partial charge in [0.25, 0.3) is 0 Å². The first-order chi connectivity index (χ1) is 9.26. The standard InChI is InChI=1S/C16H23BrN2/c1-2-19-8-7-12(11-19)10-18-16-6-3-13-9-14(17)4-5-15(13)16/h4-5,9,12,16,18H,2-3,6-8,10-11H2,1H3. The van der Waals surface area contributed by atoms with Crippen LogP contribution >= 0.6 is 15.9 Å². The van der Waals surface area contributed by atoms with Gasteiger partial charge in [-0.3, -0.25) is 0 Å². The molecule has 0 aromatic heterocycles. The zero-order valence-electron chi connectivity index (χ0n) is 11.7. The fourth-order valence-electron chi connectivity index (χ4n) is 3.47. The second-order valence-electron chi connectivity index (χ2n) is 5.89. The van der Waals surface area contributed by atoms with Gasteiger partial charge in [-0.15, -0.1) is 0 Å². The first-order valence-corrected chi connectivity index (χ1v) is 8.29. The maximum Gasteiger partial charge on any atom is 0.0326 e. The van der Waals surface area contributed by atoms with Crippen molar-refractivity contribution in [3.05, 3.63) is 33.8 Å². The molecule has 0 saturated carbocycles. The van der Waals surface area contributed by atoms with E-state index in [1.165, 1.54) is 61.0 Å². The first kappa shape index (κ1) is 13.6. The van der Waals surface area contributed by atoms with Crippen molar-refractivity contribution in [2.24, 2.45) is 5.92 Å². The highest BCUT2D eigenvalue weighted by Crippen LogP contribution is 2.33. The van der Waals surface area contributed by atoms with E-state index in [0.29, 0.717) is 6.04 Å². The Morgan fingerprint density at radius 2 is 2.26 bits per heavy atom. The Hall–Kier alpha value is -0.380. The van der Waals surface area contributed by atoms with Crippen molar-refractivity contribution in [2.45, 2.75) is 32.2 Å². The van der Waals surface area contributed by atoms with E-state index in [9.17, 15) is 0 Å². The Morgan fingerprint density at radius 3 is 3.05 bits per heavy atom. The van der Waals surface area contributed by atoms with Gasteiger partial charge < -0.3 is 10.2 Å². The molecule has 1 aliphatic carbocycles. The molecule has 0 spiro atoms. The summed E-state index contributed by atoms with van der Waals surface area (Å²) in [5, 5.41) is 3.80. The molecule has 1 aliphatic heterocycles. The molecule has 3 heteroatoms. The van der Waals surface area contributed by atoms with E-state index < -0.39 is 0 Å². The lowest BCUT2D eigenvalue weighted by molar-refractivity contribution is 0.335. The molecule has 3 rings (SSSR count). The summed E-state index contributed by atoms with van der Waals surface area (Å²) in [6.07, 6.45) is 3.84. The van der Waals surface area contributed by atoms with Crippen molar-refractivity contribution >= 4 is 15.9 Å². The van der Waals surface area contributed by atoms with Crippen molar-refractivity contribution in [1.29, 1.82) is 0 Å². The third kappa shape index (κ3) is 3.04. The number of benzene rings is 1. The average molecular weight is 323 g/mol. The molecule has 1 heterocycles. The number of hydrogen-bond donors (Lipinski definition) is 1. The summed E-state index contributed by atoms with van der Waals surface area (Å²) in [7, 11) is 0. The van der Waals surface area contributed by atoms with E-state index in [-0.39, 0.29) is 0 Å². The lowest BCUT2D eigenvalue weighted by atomic mass is 10.1. The fourth-order valence-corrected chi connectivity index (χ4v) is 3.88. The Labute approximate surface area is 124 Å². The lowest BCUT2D eigenvalue weighted by Gasteiger charge is -2.18. The van der Waals surface area contributed by atoms with Crippen LogP contribution in [-0.2, 0) is 6.42 Å². The number of aryl methyl sites for hydroxylation is 1. The molecule has 104 valence electrons. The van der Waals surface area contributed by atoms with Crippen LogP contribution in [0.15, 0.2) is 22.7 Å². The molecule has 2 atom stereocenters. The van der Waals surface area contributed by atoms with Gasteiger partial charge in [-0.05, 0) is 68.1 Å². The number of likely N-dealkylation sites (tertiary alicyclic amines) is 1. The summed E-state index contributed by atoms with van der Waals surface area (Å²) in [6.45, 7) is 7.22. The van der Waals surface area contributed by atoms with Crippen molar-refractivity contribution in [2.75, 3.05) is 26.2 Å². The predicted octanol–water partition coefficient (Wildman–Crippen LogP) is 3.37. The molecular formula is C16H23BrN2. The highest BCUT2D eigenvalue weighted by Gasteiger charge is 2.25. The van der Waals surface area contributed by atoms with E-state index in [2.05, 4.69) is 51.3 Å². The van der Waals surface area contributed by atoms with E-state index >= 15 is 0 Å². The highest BCUT2D eigenvalue weighted by molar-refractivity contribution is 9.10. The van der Waals surface area contributed by atoms with Crippen LogP contribution in [0.2, 0.25) is 0 Å². The maximum absolute atomic E-state index is 3.80. The molecule has 0 bridgehead atoms.